The van der Waals surface area contributed by atoms with Gasteiger partial charge in [0.05, 0.1) is 11.9 Å². The molecular formula is C11H12O2S. The zero-order valence-electron chi connectivity index (χ0n) is 7.93. The van der Waals surface area contributed by atoms with Crippen LogP contribution in [0.4, 0.5) is 0 Å². The first-order valence-electron chi connectivity index (χ1n) is 4.60. The molecule has 0 saturated carbocycles. The highest BCUT2D eigenvalue weighted by atomic mass is 32.2. The number of hydrogen-bond acceptors (Lipinski definition) is 3. The van der Waals surface area contributed by atoms with Crippen LogP contribution in [0.3, 0.4) is 0 Å². The average molecular weight is 208 g/mol. The van der Waals surface area contributed by atoms with Crippen LogP contribution in [0.5, 0.6) is 0 Å². The van der Waals surface area contributed by atoms with Crippen LogP contribution in [-0.2, 0) is 4.74 Å². The van der Waals surface area contributed by atoms with Crippen molar-refractivity contribution in [2.45, 2.75) is 12.2 Å². The smallest absolute Gasteiger partial charge is 0.194 e. The van der Waals surface area contributed by atoms with E-state index in [1.807, 2.05) is 31.2 Å². The van der Waals surface area contributed by atoms with Crippen LogP contribution in [0.15, 0.2) is 46.8 Å². The van der Waals surface area contributed by atoms with Gasteiger partial charge >= 0.3 is 0 Å². The largest absolute Gasteiger partial charge is 0.500 e. The summed E-state index contributed by atoms with van der Waals surface area (Å²) < 4.78 is 5.32. The van der Waals surface area contributed by atoms with Crippen LogP contribution >= 0.6 is 11.8 Å². The summed E-state index contributed by atoms with van der Waals surface area (Å²) in [6, 6.07) is 0. The van der Waals surface area contributed by atoms with E-state index in [4.69, 9.17) is 4.74 Å². The van der Waals surface area contributed by atoms with E-state index in [-0.39, 0.29) is 10.3 Å². The molecule has 2 nitrogen and oxygen atoms in total. The molecule has 0 saturated heterocycles. The first kappa shape index (κ1) is 9.46. The van der Waals surface area contributed by atoms with Crippen molar-refractivity contribution in [1.29, 1.82) is 0 Å². The number of rotatable bonds is 2. The van der Waals surface area contributed by atoms with E-state index in [0.717, 1.165) is 0 Å². The zero-order valence-corrected chi connectivity index (χ0v) is 8.75. The maximum atomic E-state index is 9.65. The molecule has 0 aromatic carbocycles. The maximum Gasteiger partial charge on any atom is 0.194 e. The lowest BCUT2D eigenvalue weighted by molar-refractivity contribution is 0.225. The lowest BCUT2D eigenvalue weighted by atomic mass is 10.1. The second kappa shape index (κ2) is 3.96. The summed E-state index contributed by atoms with van der Waals surface area (Å²) >= 11 is 1.42. The molecule has 2 aliphatic rings. The molecule has 0 amide bonds. The lowest BCUT2D eigenvalue weighted by Crippen LogP contribution is -2.11. The van der Waals surface area contributed by atoms with Crippen LogP contribution in [0, 0.1) is 0 Å². The monoisotopic (exact) mass is 208 g/mol. The molecule has 0 fully saturated rings. The molecule has 1 N–H and O–H groups in total. The number of fused-ring (bicyclic) bond motifs is 1. The Bertz CT molecular complexity index is 350. The van der Waals surface area contributed by atoms with Gasteiger partial charge in [-0.2, -0.15) is 0 Å². The van der Waals surface area contributed by atoms with Crippen molar-refractivity contribution in [3.05, 3.63) is 46.8 Å². The van der Waals surface area contributed by atoms with E-state index in [0.29, 0.717) is 12.4 Å². The van der Waals surface area contributed by atoms with Gasteiger partial charge in [0.25, 0.3) is 0 Å². The Balaban J connectivity index is 2.26. The lowest BCUT2D eigenvalue weighted by Gasteiger charge is -2.22. The van der Waals surface area contributed by atoms with Crippen molar-refractivity contribution in [1.82, 2.24) is 0 Å². The highest BCUT2D eigenvalue weighted by molar-refractivity contribution is 8.03. The van der Waals surface area contributed by atoms with Gasteiger partial charge in [-0.1, -0.05) is 36.1 Å². The molecule has 0 aromatic heterocycles. The molecule has 3 heteroatoms. The van der Waals surface area contributed by atoms with Crippen molar-refractivity contribution in [2.75, 3.05) is 6.61 Å². The number of aliphatic hydroxyl groups is 1. The van der Waals surface area contributed by atoms with Gasteiger partial charge in [0.15, 0.2) is 10.9 Å². The highest BCUT2D eigenvalue weighted by Crippen LogP contribution is 2.36. The zero-order chi connectivity index (χ0) is 9.97. The fourth-order valence-electron chi connectivity index (χ4n) is 1.43. The maximum absolute atomic E-state index is 9.65. The third kappa shape index (κ3) is 1.73. The summed E-state index contributed by atoms with van der Waals surface area (Å²) in [5.41, 5.74) is 1.18. The second-order valence-electron chi connectivity index (χ2n) is 3.03. The molecule has 0 aromatic rings. The average Bonchev–Trinajstić information content (AvgIpc) is 2.19. The van der Waals surface area contributed by atoms with Gasteiger partial charge in [-0.05, 0) is 18.6 Å². The third-order valence-corrected chi connectivity index (χ3v) is 3.17. The summed E-state index contributed by atoms with van der Waals surface area (Å²) in [5, 5.41) is 10.2. The molecule has 1 heterocycles. The molecule has 1 unspecified atom stereocenters. The van der Waals surface area contributed by atoms with Crippen LogP contribution < -0.4 is 0 Å². The number of thioether (sulfide) groups is 1. The number of aliphatic hydroxyl groups excluding tert-OH is 1. The Kier molecular flexibility index (Phi) is 2.68. The SMILES string of the molecule is CCOC1=C(O)SC2C=CC=CC2=C1. The Morgan fingerprint density at radius 1 is 1.50 bits per heavy atom. The Hall–Kier alpha value is -1.09. The van der Waals surface area contributed by atoms with Crippen molar-refractivity contribution in [3.63, 3.8) is 0 Å². The van der Waals surface area contributed by atoms with Crippen molar-refractivity contribution < 1.29 is 9.84 Å². The summed E-state index contributed by atoms with van der Waals surface area (Å²) in [7, 11) is 0. The van der Waals surface area contributed by atoms with E-state index in [9.17, 15) is 5.11 Å². The van der Waals surface area contributed by atoms with E-state index in [1.54, 1.807) is 0 Å². The van der Waals surface area contributed by atoms with Gasteiger partial charge in [0.1, 0.15) is 0 Å². The van der Waals surface area contributed by atoms with Crippen LogP contribution in [0.25, 0.3) is 0 Å². The minimum Gasteiger partial charge on any atom is -0.500 e. The summed E-state index contributed by atoms with van der Waals surface area (Å²) in [6.07, 6.45) is 10.0. The van der Waals surface area contributed by atoms with E-state index < -0.39 is 0 Å². The standard InChI is InChI=1S/C11H12O2S/c1-2-13-9-7-8-5-3-4-6-10(8)14-11(9)12/h3-7,10,12H,2H2,1H3. The van der Waals surface area contributed by atoms with Crippen LogP contribution in [-0.4, -0.2) is 17.0 Å². The summed E-state index contributed by atoms with van der Waals surface area (Å²) in [6.45, 7) is 2.49. The molecule has 1 atom stereocenters. The molecule has 1 aliphatic heterocycles. The van der Waals surface area contributed by atoms with Crippen molar-refractivity contribution in [3.8, 4) is 0 Å². The van der Waals surface area contributed by atoms with E-state index in [2.05, 4.69) is 6.08 Å². The highest BCUT2D eigenvalue weighted by Gasteiger charge is 2.22. The number of allylic oxidation sites excluding steroid dienone is 4. The minimum absolute atomic E-state index is 0.240. The van der Waals surface area contributed by atoms with Crippen molar-refractivity contribution in [2.24, 2.45) is 0 Å². The van der Waals surface area contributed by atoms with Gasteiger partial charge in [0.2, 0.25) is 0 Å². The molecule has 2 rings (SSSR count). The Morgan fingerprint density at radius 3 is 3.14 bits per heavy atom. The number of hydrogen-bond donors (Lipinski definition) is 1. The molecule has 74 valence electrons. The summed E-state index contributed by atoms with van der Waals surface area (Å²) in [5.74, 6) is 0.587. The topological polar surface area (TPSA) is 29.5 Å². The normalized spacial score (nSPS) is 24.6. The summed E-state index contributed by atoms with van der Waals surface area (Å²) in [4.78, 5) is 0. The third-order valence-electron chi connectivity index (χ3n) is 2.06. The van der Waals surface area contributed by atoms with Gasteiger partial charge in [-0.15, -0.1) is 0 Å². The first-order valence-corrected chi connectivity index (χ1v) is 5.48. The molecule has 0 radical (unpaired) electrons. The van der Waals surface area contributed by atoms with Crippen molar-refractivity contribution >= 4 is 11.8 Å². The fourth-order valence-corrected chi connectivity index (χ4v) is 2.35. The first-order chi connectivity index (χ1) is 6.81. The van der Waals surface area contributed by atoms with Crippen LogP contribution in [0.2, 0.25) is 0 Å². The van der Waals surface area contributed by atoms with Gasteiger partial charge in [-0.3, -0.25) is 0 Å². The minimum atomic E-state index is 0.240. The molecule has 0 spiro atoms. The predicted molar refractivity (Wildman–Crippen MR) is 59.0 cm³/mol. The molecular weight excluding hydrogens is 196 g/mol. The van der Waals surface area contributed by atoms with Crippen LogP contribution in [0.1, 0.15) is 6.92 Å². The van der Waals surface area contributed by atoms with E-state index in [1.165, 1.54) is 17.3 Å². The Labute approximate surface area is 87.6 Å². The van der Waals surface area contributed by atoms with Gasteiger partial charge < -0.3 is 9.84 Å². The number of ether oxygens (including phenoxy) is 1. The Morgan fingerprint density at radius 2 is 2.36 bits per heavy atom. The second-order valence-corrected chi connectivity index (χ2v) is 4.16. The van der Waals surface area contributed by atoms with Gasteiger partial charge in [0, 0.05) is 0 Å². The van der Waals surface area contributed by atoms with Gasteiger partial charge in [-0.25, -0.2) is 0 Å². The quantitative estimate of drug-likeness (QED) is 0.756. The fraction of sp³-hybridized carbons (Fsp3) is 0.273. The predicted octanol–water partition coefficient (Wildman–Crippen LogP) is 2.92. The van der Waals surface area contributed by atoms with E-state index >= 15 is 0 Å². The molecule has 14 heavy (non-hydrogen) atoms. The molecule has 0 bridgehead atoms. The molecule has 1 aliphatic carbocycles.